The molecule has 1 unspecified atom stereocenters. The van der Waals surface area contributed by atoms with Crippen LogP contribution in [0.1, 0.15) is 12.8 Å². The Morgan fingerprint density at radius 1 is 1.52 bits per heavy atom. The van der Waals surface area contributed by atoms with Crippen LogP contribution in [0.2, 0.25) is 0 Å². The third kappa shape index (κ3) is 3.57. The quantitative estimate of drug-likeness (QED) is 0.624. The van der Waals surface area contributed by atoms with E-state index < -0.39 is 0 Å². The number of allylic oxidation sites excluding steroid dienone is 1. The van der Waals surface area contributed by atoms with Crippen LogP contribution >= 0.6 is 12.2 Å². The highest BCUT2D eigenvalue weighted by atomic mass is 32.1. The maximum absolute atomic E-state index is 9.85. The highest BCUT2D eigenvalue weighted by molar-refractivity contribution is 7.71. The lowest BCUT2D eigenvalue weighted by Crippen LogP contribution is -3.13. The van der Waals surface area contributed by atoms with E-state index in [0.717, 1.165) is 37.3 Å². The average molecular weight is 332 g/mol. The minimum Gasteiger partial charge on any atom is -0.387 e. The van der Waals surface area contributed by atoms with Crippen molar-refractivity contribution in [3.8, 4) is 11.4 Å². The highest BCUT2D eigenvalue weighted by Gasteiger charge is 2.23. The number of aromatic nitrogens is 4. The second-order valence-corrected chi connectivity index (χ2v) is 6.27. The van der Waals surface area contributed by atoms with Crippen LogP contribution in [0, 0.1) is 4.77 Å². The fraction of sp³-hybridized carbons (Fsp3) is 0.438. The molecule has 122 valence electrons. The smallest absolute Gasteiger partial charge is 0.203 e. The van der Waals surface area contributed by atoms with E-state index in [1.54, 1.807) is 12.4 Å². The topological polar surface area (TPSA) is 60.3 Å². The second-order valence-electron chi connectivity index (χ2n) is 5.90. The van der Waals surface area contributed by atoms with Crippen molar-refractivity contribution in [2.75, 3.05) is 13.1 Å². The number of likely N-dealkylation sites (tertiary alicyclic amines) is 1. The van der Waals surface area contributed by atoms with Crippen LogP contribution in [0.25, 0.3) is 11.4 Å². The summed E-state index contributed by atoms with van der Waals surface area (Å²) in [4.78, 5) is 5.47. The average Bonchev–Trinajstić information content (AvgIpc) is 2.86. The number of pyridine rings is 1. The van der Waals surface area contributed by atoms with Gasteiger partial charge in [-0.15, -0.1) is 11.7 Å². The van der Waals surface area contributed by atoms with Gasteiger partial charge in [0.2, 0.25) is 4.77 Å². The largest absolute Gasteiger partial charge is 0.387 e. The molecule has 1 aliphatic heterocycles. The number of nitrogens with zero attached hydrogens (tertiary/aromatic N) is 4. The van der Waals surface area contributed by atoms with Crippen molar-refractivity contribution in [3.63, 3.8) is 0 Å². The highest BCUT2D eigenvalue weighted by Crippen LogP contribution is 2.17. The molecule has 2 aromatic heterocycles. The number of quaternary nitrogens is 1. The van der Waals surface area contributed by atoms with Gasteiger partial charge in [-0.05, 0) is 37.2 Å². The number of hydrogen-bond donors (Lipinski definition) is 2. The lowest BCUT2D eigenvalue weighted by Gasteiger charge is -2.26. The zero-order valence-electron chi connectivity index (χ0n) is 13.1. The van der Waals surface area contributed by atoms with Gasteiger partial charge in [0.25, 0.3) is 0 Å². The fourth-order valence-electron chi connectivity index (χ4n) is 3.03. The summed E-state index contributed by atoms with van der Waals surface area (Å²) in [5.74, 6) is 0.806. The van der Waals surface area contributed by atoms with Crippen molar-refractivity contribution in [2.24, 2.45) is 0 Å². The van der Waals surface area contributed by atoms with Crippen molar-refractivity contribution in [1.82, 2.24) is 19.3 Å². The SMILES string of the molecule is C=CCn1c(-c2cccnc2)nn(C[NH+]2CCC[C@H](O)C2)c1=S. The summed E-state index contributed by atoms with van der Waals surface area (Å²) >= 11 is 5.60. The Morgan fingerprint density at radius 2 is 2.39 bits per heavy atom. The van der Waals surface area contributed by atoms with Gasteiger partial charge in [0.15, 0.2) is 12.5 Å². The molecule has 23 heavy (non-hydrogen) atoms. The summed E-state index contributed by atoms with van der Waals surface area (Å²) in [6.45, 7) is 6.88. The van der Waals surface area contributed by atoms with Gasteiger partial charge in [0.1, 0.15) is 12.6 Å². The Bertz CT molecular complexity index is 724. The number of nitrogens with one attached hydrogen (secondary N) is 1. The van der Waals surface area contributed by atoms with Crippen LogP contribution in [0.5, 0.6) is 0 Å². The summed E-state index contributed by atoms with van der Waals surface area (Å²) in [5, 5.41) is 14.5. The molecule has 2 aromatic rings. The first kappa shape index (κ1) is 16.0. The number of aliphatic hydroxyl groups is 1. The van der Waals surface area contributed by atoms with E-state index in [1.165, 1.54) is 4.90 Å². The first-order chi connectivity index (χ1) is 11.2. The molecular formula is C16H22N5OS+. The molecule has 0 aliphatic carbocycles. The Balaban J connectivity index is 1.92. The van der Waals surface area contributed by atoms with Crippen molar-refractivity contribution in [3.05, 3.63) is 42.0 Å². The molecule has 2 N–H and O–H groups in total. The van der Waals surface area contributed by atoms with E-state index in [9.17, 15) is 5.11 Å². The predicted molar refractivity (Wildman–Crippen MR) is 90.4 cm³/mol. The summed E-state index contributed by atoms with van der Waals surface area (Å²) in [6, 6.07) is 3.87. The number of rotatable bonds is 5. The third-order valence-electron chi connectivity index (χ3n) is 4.12. The zero-order chi connectivity index (χ0) is 16.2. The van der Waals surface area contributed by atoms with E-state index >= 15 is 0 Å². The standard InChI is InChI=1S/C16H21N5OS/c1-2-8-20-15(13-5-3-7-17-10-13)18-21(16(20)23)12-19-9-4-6-14(22)11-19/h2-3,5,7,10,14,22H,1,4,6,8-9,11-12H2/p+1/t14-/m0/s1. The Kier molecular flexibility index (Phi) is 5.00. The summed E-state index contributed by atoms with van der Waals surface area (Å²) < 4.78 is 4.50. The Labute approximate surface area is 140 Å². The van der Waals surface area contributed by atoms with E-state index in [0.29, 0.717) is 18.0 Å². The second kappa shape index (κ2) is 7.16. The molecule has 0 aromatic carbocycles. The van der Waals surface area contributed by atoms with Crippen molar-refractivity contribution in [2.45, 2.75) is 32.2 Å². The first-order valence-electron chi connectivity index (χ1n) is 7.89. The maximum atomic E-state index is 9.85. The molecule has 1 saturated heterocycles. The van der Waals surface area contributed by atoms with Gasteiger partial charge < -0.3 is 10.0 Å². The van der Waals surface area contributed by atoms with E-state index in [-0.39, 0.29) is 6.10 Å². The predicted octanol–water partition coefficient (Wildman–Crippen LogP) is 0.659. The molecule has 0 amide bonds. The van der Waals surface area contributed by atoms with Gasteiger partial charge >= 0.3 is 0 Å². The molecule has 3 rings (SSSR count). The Hall–Kier alpha value is -1.83. The Morgan fingerprint density at radius 3 is 3.09 bits per heavy atom. The van der Waals surface area contributed by atoms with Crippen LogP contribution in [0.15, 0.2) is 37.2 Å². The number of piperidine rings is 1. The van der Waals surface area contributed by atoms with Gasteiger partial charge in [0.05, 0.1) is 6.54 Å². The van der Waals surface area contributed by atoms with Crippen LogP contribution in [0.3, 0.4) is 0 Å². The molecule has 1 fully saturated rings. The summed E-state index contributed by atoms with van der Waals surface area (Å²) in [7, 11) is 0. The molecule has 7 heteroatoms. The monoisotopic (exact) mass is 332 g/mol. The maximum Gasteiger partial charge on any atom is 0.203 e. The lowest BCUT2D eigenvalue weighted by molar-refractivity contribution is -0.931. The molecule has 0 radical (unpaired) electrons. The molecular weight excluding hydrogens is 310 g/mol. The van der Waals surface area contributed by atoms with Crippen molar-refractivity contribution < 1.29 is 10.0 Å². The molecule has 3 heterocycles. The van der Waals surface area contributed by atoms with Crippen LogP contribution in [0.4, 0.5) is 0 Å². The molecule has 0 bridgehead atoms. The van der Waals surface area contributed by atoms with Crippen LogP contribution < -0.4 is 4.90 Å². The van der Waals surface area contributed by atoms with Gasteiger partial charge in [-0.25, -0.2) is 0 Å². The van der Waals surface area contributed by atoms with Gasteiger partial charge in [-0.2, -0.15) is 4.68 Å². The molecule has 0 saturated carbocycles. The zero-order valence-corrected chi connectivity index (χ0v) is 13.9. The van der Waals surface area contributed by atoms with Crippen molar-refractivity contribution >= 4 is 12.2 Å². The first-order valence-corrected chi connectivity index (χ1v) is 8.30. The van der Waals surface area contributed by atoms with E-state index in [2.05, 4.69) is 11.6 Å². The minimum absolute atomic E-state index is 0.221. The molecule has 0 spiro atoms. The van der Waals surface area contributed by atoms with E-state index in [4.69, 9.17) is 17.3 Å². The fourth-order valence-corrected chi connectivity index (χ4v) is 3.29. The number of aliphatic hydroxyl groups excluding tert-OH is 1. The lowest BCUT2D eigenvalue weighted by atomic mass is 10.1. The van der Waals surface area contributed by atoms with Crippen LogP contribution in [-0.2, 0) is 13.2 Å². The molecule has 2 atom stereocenters. The normalized spacial score (nSPS) is 21.3. The van der Waals surface area contributed by atoms with Gasteiger partial charge in [-0.1, -0.05) is 6.08 Å². The minimum atomic E-state index is -0.221. The molecule has 1 aliphatic rings. The third-order valence-corrected chi connectivity index (χ3v) is 4.55. The van der Waals surface area contributed by atoms with Crippen LogP contribution in [-0.4, -0.2) is 43.6 Å². The molecule has 6 nitrogen and oxygen atoms in total. The summed E-state index contributed by atoms with van der Waals surface area (Å²) in [5.41, 5.74) is 0.938. The van der Waals surface area contributed by atoms with Crippen molar-refractivity contribution in [1.29, 1.82) is 0 Å². The summed E-state index contributed by atoms with van der Waals surface area (Å²) in [6.07, 6.45) is 7.05. The van der Waals surface area contributed by atoms with E-state index in [1.807, 2.05) is 27.5 Å². The number of hydrogen-bond acceptors (Lipinski definition) is 4. The van der Waals surface area contributed by atoms with Gasteiger partial charge in [0, 0.05) is 24.5 Å². The van der Waals surface area contributed by atoms with Gasteiger partial charge in [-0.3, -0.25) is 9.55 Å².